The minimum atomic E-state index is -0.643. The van der Waals surface area contributed by atoms with E-state index in [1.54, 1.807) is 25.0 Å². The summed E-state index contributed by atoms with van der Waals surface area (Å²) < 4.78 is 5.06. The lowest BCUT2D eigenvalue weighted by molar-refractivity contribution is -0.150. The standard InChI is InChI=1S/C12H19N3O2S/c1-4-17-11(16)12(2,13-3)6-8-18-10-5-7-14-9-15-10/h5,7,9,13H,4,6,8H2,1-3H3. The Morgan fingerprint density at radius 3 is 2.94 bits per heavy atom. The van der Waals surface area contributed by atoms with Crippen LogP contribution in [0.5, 0.6) is 0 Å². The van der Waals surface area contributed by atoms with Gasteiger partial charge in [-0.3, -0.25) is 4.79 Å². The quantitative estimate of drug-likeness (QED) is 0.460. The molecule has 0 saturated heterocycles. The number of hydrogen-bond donors (Lipinski definition) is 1. The maximum atomic E-state index is 11.8. The van der Waals surface area contributed by atoms with Crippen molar-refractivity contribution >= 4 is 17.7 Å². The molecule has 1 rings (SSSR count). The van der Waals surface area contributed by atoms with Crippen molar-refractivity contribution in [2.24, 2.45) is 0 Å². The predicted octanol–water partition coefficient (Wildman–Crippen LogP) is 1.50. The smallest absolute Gasteiger partial charge is 0.326 e. The van der Waals surface area contributed by atoms with Gasteiger partial charge in [0.1, 0.15) is 11.9 Å². The zero-order valence-electron chi connectivity index (χ0n) is 11.0. The summed E-state index contributed by atoms with van der Waals surface area (Å²) in [4.78, 5) is 19.8. The van der Waals surface area contributed by atoms with E-state index >= 15 is 0 Å². The molecule has 1 atom stereocenters. The van der Waals surface area contributed by atoms with Gasteiger partial charge < -0.3 is 10.1 Å². The van der Waals surface area contributed by atoms with Crippen LogP contribution in [0.2, 0.25) is 0 Å². The molecule has 18 heavy (non-hydrogen) atoms. The largest absolute Gasteiger partial charge is 0.465 e. The highest BCUT2D eigenvalue weighted by Crippen LogP contribution is 2.20. The summed E-state index contributed by atoms with van der Waals surface area (Å²) in [6.45, 7) is 4.06. The minimum absolute atomic E-state index is 0.212. The zero-order chi connectivity index (χ0) is 13.4. The van der Waals surface area contributed by atoms with Gasteiger partial charge in [-0.1, -0.05) is 0 Å². The number of aromatic nitrogens is 2. The van der Waals surface area contributed by atoms with Crippen molar-refractivity contribution in [3.63, 3.8) is 0 Å². The van der Waals surface area contributed by atoms with E-state index < -0.39 is 5.54 Å². The Hall–Kier alpha value is -1.14. The highest BCUT2D eigenvalue weighted by atomic mass is 32.2. The van der Waals surface area contributed by atoms with Crippen LogP contribution in [0, 0.1) is 0 Å². The molecule has 0 spiro atoms. The van der Waals surface area contributed by atoms with Crippen molar-refractivity contribution in [3.8, 4) is 0 Å². The predicted molar refractivity (Wildman–Crippen MR) is 71.5 cm³/mol. The third kappa shape index (κ3) is 4.27. The van der Waals surface area contributed by atoms with Gasteiger partial charge in [0.25, 0.3) is 0 Å². The molecule has 1 unspecified atom stereocenters. The van der Waals surface area contributed by atoms with Crippen LogP contribution in [0.4, 0.5) is 0 Å². The lowest BCUT2D eigenvalue weighted by atomic mass is 10.00. The van der Waals surface area contributed by atoms with Crippen LogP contribution < -0.4 is 5.32 Å². The summed E-state index contributed by atoms with van der Waals surface area (Å²) in [5.41, 5.74) is -0.643. The summed E-state index contributed by atoms with van der Waals surface area (Å²) in [7, 11) is 1.77. The number of rotatable bonds is 7. The SMILES string of the molecule is CCOC(=O)C(C)(CCSc1ccncn1)NC. The number of ether oxygens (including phenoxy) is 1. The average Bonchev–Trinajstić information content (AvgIpc) is 2.40. The summed E-state index contributed by atoms with van der Waals surface area (Å²) in [6.07, 6.45) is 3.90. The number of nitrogens with one attached hydrogen (secondary N) is 1. The highest BCUT2D eigenvalue weighted by molar-refractivity contribution is 7.99. The molecular formula is C12H19N3O2S. The third-order valence-electron chi connectivity index (χ3n) is 2.68. The Morgan fingerprint density at radius 1 is 1.61 bits per heavy atom. The minimum Gasteiger partial charge on any atom is -0.465 e. The van der Waals surface area contributed by atoms with Crippen LogP contribution in [0.1, 0.15) is 20.3 Å². The monoisotopic (exact) mass is 269 g/mol. The first-order valence-electron chi connectivity index (χ1n) is 5.87. The maximum absolute atomic E-state index is 11.8. The lowest BCUT2D eigenvalue weighted by Crippen LogP contribution is -2.49. The Balaban J connectivity index is 2.46. The first-order chi connectivity index (χ1) is 8.62. The van der Waals surface area contributed by atoms with Gasteiger partial charge in [-0.25, -0.2) is 9.97 Å². The van der Waals surface area contributed by atoms with Crippen LogP contribution in [0.25, 0.3) is 0 Å². The zero-order valence-corrected chi connectivity index (χ0v) is 11.8. The van der Waals surface area contributed by atoms with Crippen molar-refractivity contribution in [2.75, 3.05) is 19.4 Å². The van der Waals surface area contributed by atoms with Crippen molar-refractivity contribution in [2.45, 2.75) is 30.8 Å². The molecule has 0 aliphatic heterocycles. The molecule has 0 radical (unpaired) electrons. The van der Waals surface area contributed by atoms with Gasteiger partial charge in [-0.2, -0.15) is 0 Å². The summed E-state index contributed by atoms with van der Waals surface area (Å²) in [6, 6.07) is 1.85. The van der Waals surface area contributed by atoms with Gasteiger partial charge in [0.2, 0.25) is 0 Å². The number of carbonyl (C=O) groups excluding carboxylic acids is 1. The summed E-state index contributed by atoms with van der Waals surface area (Å²) in [5.74, 6) is 0.573. The van der Waals surface area contributed by atoms with Crippen LogP contribution >= 0.6 is 11.8 Å². The second-order valence-electron chi connectivity index (χ2n) is 3.95. The van der Waals surface area contributed by atoms with Crippen LogP contribution in [-0.4, -0.2) is 40.9 Å². The highest BCUT2D eigenvalue weighted by Gasteiger charge is 2.32. The van der Waals surface area contributed by atoms with Crippen LogP contribution in [0.3, 0.4) is 0 Å². The molecule has 1 heterocycles. The van der Waals surface area contributed by atoms with E-state index in [4.69, 9.17) is 4.74 Å². The second kappa shape index (κ2) is 7.33. The number of carbonyl (C=O) groups is 1. The van der Waals surface area contributed by atoms with E-state index in [0.29, 0.717) is 13.0 Å². The molecule has 0 aliphatic rings. The van der Waals surface area contributed by atoms with E-state index in [1.165, 1.54) is 6.33 Å². The molecule has 5 nitrogen and oxygen atoms in total. The molecule has 0 aromatic carbocycles. The van der Waals surface area contributed by atoms with Crippen LogP contribution in [0.15, 0.2) is 23.6 Å². The molecular weight excluding hydrogens is 250 g/mol. The van der Waals surface area contributed by atoms with Gasteiger partial charge in [-0.15, -0.1) is 11.8 Å². The topological polar surface area (TPSA) is 64.1 Å². The molecule has 1 aromatic heterocycles. The molecule has 6 heteroatoms. The number of hydrogen-bond acceptors (Lipinski definition) is 6. The average molecular weight is 269 g/mol. The van der Waals surface area contributed by atoms with E-state index in [0.717, 1.165) is 10.8 Å². The van der Waals surface area contributed by atoms with E-state index in [1.807, 2.05) is 19.9 Å². The second-order valence-corrected chi connectivity index (χ2v) is 5.06. The van der Waals surface area contributed by atoms with Crippen molar-refractivity contribution in [1.82, 2.24) is 15.3 Å². The summed E-state index contributed by atoms with van der Waals surface area (Å²) >= 11 is 1.60. The molecule has 100 valence electrons. The molecule has 1 aromatic rings. The Bertz CT molecular complexity index is 375. The summed E-state index contributed by atoms with van der Waals surface area (Å²) in [5, 5.41) is 3.94. The Labute approximate surface area is 112 Å². The fraction of sp³-hybridized carbons (Fsp3) is 0.583. The Morgan fingerprint density at radius 2 is 2.39 bits per heavy atom. The molecule has 0 saturated carbocycles. The normalized spacial score (nSPS) is 13.9. The van der Waals surface area contributed by atoms with E-state index in [9.17, 15) is 4.79 Å². The van der Waals surface area contributed by atoms with Gasteiger partial charge in [0.05, 0.1) is 11.6 Å². The molecule has 0 fully saturated rings. The van der Waals surface area contributed by atoms with Gasteiger partial charge in [0, 0.05) is 11.9 Å². The first-order valence-corrected chi connectivity index (χ1v) is 6.86. The van der Waals surface area contributed by atoms with Crippen LogP contribution in [-0.2, 0) is 9.53 Å². The molecule has 0 aliphatic carbocycles. The van der Waals surface area contributed by atoms with Crippen molar-refractivity contribution in [3.05, 3.63) is 18.6 Å². The van der Waals surface area contributed by atoms with Gasteiger partial charge in [0.15, 0.2) is 0 Å². The van der Waals surface area contributed by atoms with Crippen molar-refractivity contribution in [1.29, 1.82) is 0 Å². The third-order valence-corrected chi connectivity index (χ3v) is 3.63. The number of nitrogens with zero attached hydrogens (tertiary/aromatic N) is 2. The van der Waals surface area contributed by atoms with Gasteiger partial charge >= 0.3 is 5.97 Å². The fourth-order valence-corrected chi connectivity index (χ4v) is 2.34. The number of esters is 1. The molecule has 0 bridgehead atoms. The molecule has 1 N–H and O–H groups in total. The molecule has 0 amide bonds. The fourth-order valence-electron chi connectivity index (χ4n) is 1.34. The van der Waals surface area contributed by atoms with E-state index in [-0.39, 0.29) is 5.97 Å². The maximum Gasteiger partial charge on any atom is 0.326 e. The Kier molecular flexibility index (Phi) is 6.07. The van der Waals surface area contributed by atoms with Gasteiger partial charge in [-0.05, 0) is 33.4 Å². The number of likely N-dealkylation sites (N-methyl/N-ethyl adjacent to an activating group) is 1. The van der Waals surface area contributed by atoms with Crippen molar-refractivity contribution < 1.29 is 9.53 Å². The lowest BCUT2D eigenvalue weighted by Gasteiger charge is -2.26. The first kappa shape index (κ1) is 14.9. The van der Waals surface area contributed by atoms with E-state index in [2.05, 4.69) is 15.3 Å². The number of thioether (sulfide) groups is 1.